The van der Waals surface area contributed by atoms with Gasteiger partial charge in [0.15, 0.2) is 0 Å². The van der Waals surface area contributed by atoms with Gasteiger partial charge in [-0.2, -0.15) is 0 Å². The number of aromatic carboxylic acids is 1. The van der Waals surface area contributed by atoms with Crippen LogP contribution in [0.4, 0.5) is 0 Å². The lowest BCUT2D eigenvalue weighted by Gasteiger charge is -2.32. The van der Waals surface area contributed by atoms with Crippen LogP contribution in [0.25, 0.3) is 0 Å². The van der Waals surface area contributed by atoms with Gasteiger partial charge >= 0.3 is 5.97 Å². The Hall–Kier alpha value is -1.84. The van der Waals surface area contributed by atoms with Crippen molar-refractivity contribution in [1.82, 2.24) is 4.90 Å². The van der Waals surface area contributed by atoms with Crippen LogP contribution in [0.2, 0.25) is 0 Å². The van der Waals surface area contributed by atoms with Crippen LogP contribution in [0.15, 0.2) is 24.3 Å². The van der Waals surface area contributed by atoms with Gasteiger partial charge in [-0.1, -0.05) is 31.5 Å². The highest BCUT2D eigenvalue weighted by Gasteiger charge is 2.23. The Balaban J connectivity index is 1.91. The fourth-order valence-corrected chi connectivity index (χ4v) is 3.28. The Morgan fingerprint density at radius 2 is 2.09 bits per heavy atom. The van der Waals surface area contributed by atoms with E-state index in [-0.39, 0.29) is 5.91 Å². The van der Waals surface area contributed by atoms with Gasteiger partial charge in [0.25, 0.3) is 0 Å². The predicted molar refractivity (Wildman–Crippen MR) is 85.9 cm³/mol. The third kappa shape index (κ3) is 4.33. The molecule has 1 aliphatic rings. The van der Waals surface area contributed by atoms with Gasteiger partial charge in [0.05, 0.1) is 5.56 Å². The Bertz CT molecular complexity index is 525. The number of carbonyl (C=O) groups is 2. The van der Waals surface area contributed by atoms with Crippen LogP contribution >= 0.6 is 0 Å². The number of carboxylic acids is 1. The van der Waals surface area contributed by atoms with E-state index < -0.39 is 5.97 Å². The van der Waals surface area contributed by atoms with Crippen molar-refractivity contribution in [3.05, 3.63) is 35.4 Å². The van der Waals surface area contributed by atoms with Crippen LogP contribution in [-0.4, -0.2) is 35.0 Å². The highest BCUT2D eigenvalue weighted by atomic mass is 16.4. The molecule has 1 saturated heterocycles. The van der Waals surface area contributed by atoms with Crippen molar-refractivity contribution in [3.63, 3.8) is 0 Å². The summed E-state index contributed by atoms with van der Waals surface area (Å²) in [5, 5.41) is 9.18. The molecule has 1 aromatic rings. The summed E-state index contributed by atoms with van der Waals surface area (Å²) in [4.78, 5) is 25.5. The van der Waals surface area contributed by atoms with Crippen LogP contribution in [0.5, 0.6) is 0 Å². The average Bonchev–Trinajstić information content (AvgIpc) is 2.53. The molecule has 1 amide bonds. The number of nitrogens with zero attached hydrogens (tertiary/aromatic N) is 1. The summed E-state index contributed by atoms with van der Waals surface area (Å²) in [6.45, 7) is 3.90. The van der Waals surface area contributed by atoms with Crippen LogP contribution in [0.3, 0.4) is 0 Å². The van der Waals surface area contributed by atoms with E-state index in [9.17, 15) is 14.7 Å². The first-order chi connectivity index (χ1) is 10.6. The molecule has 4 heteroatoms. The quantitative estimate of drug-likeness (QED) is 0.876. The number of carboxylic acid groups (broad SMARTS) is 1. The summed E-state index contributed by atoms with van der Waals surface area (Å²) in [5.41, 5.74) is 1.04. The smallest absolute Gasteiger partial charge is 0.335 e. The standard InChI is InChI=1S/C18H25NO3/c1-2-6-14-7-5-12-19(13-14)17(20)11-10-15-8-3-4-9-16(15)18(21)22/h3-4,8-9,14H,2,5-7,10-13H2,1H3,(H,21,22). The first-order valence-electron chi connectivity index (χ1n) is 8.20. The van der Waals surface area contributed by atoms with E-state index >= 15 is 0 Å². The summed E-state index contributed by atoms with van der Waals surface area (Å²) in [6, 6.07) is 6.94. The molecule has 0 radical (unpaired) electrons. The van der Waals surface area contributed by atoms with Gasteiger partial charge in [-0.05, 0) is 43.2 Å². The number of carbonyl (C=O) groups excluding carboxylic acids is 1. The Kier molecular flexibility index (Phi) is 5.99. The molecule has 0 bridgehead atoms. The topological polar surface area (TPSA) is 57.6 Å². The van der Waals surface area contributed by atoms with E-state index in [0.29, 0.717) is 24.3 Å². The van der Waals surface area contributed by atoms with E-state index in [1.165, 1.54) is 19.3 Å². The largest absolute Gasteiger partial charge is 0.478 e. The molecule has 0 aromatic heterocycles. The molecule has 120 valence electrons. The van der Waals surface area contributed by atoms with Gasteiger partial charge in [0.1, 0.15) is 0 Å². The fourth-order valence-electron chi connectivity index (χ4n) is 3.28. The fraction of sp³-hybridized carbons (Fsp3) is 0.556. The van der Waals surface area contributed by atoms with Crippen LogP contribution < -0.4 is 0 Å². The maximum Gasteiger partial charge on any atom is 0.335 e. The Morgan fingerprint density at radius 1 is 1.32 bits per heavy atom. The molecule has 0 spiro atoms. The summed E-state index contributed by atoms with van der Waals surface area (Å²) >= 11 is 0. The molecule has 0 saturated carbocycles. The second-order valence-electron chi connectivity index (χ2n) is 6.10. The lowest BCUT2D eigenvalue weighted by atomic mass is 9.93. The molecular weight excluding hydrogens is 278 g/mol. The first kappa shape index (κ1) is 16.5. The van der Waals surface area contributed by atoms with Gasteiger partial charge in [0, 0.05) is 19.5 Å². The highest BCUT2D eigenvalue weighted by Crippen LogP contribution is 2.22. The zero-order valence-electron chi connectivity index (χ0n) is 13.3. The van der Waals surface area contributed by atoms with Gasteiger partial charge in [-0.15, -0.1) is 0 Å². The number of amides is 1. The zero-order chi connectivity index (χ0) is 15.9. The monoisotopic (exact) mass is 303 g/mol. The minimum Gasteiger partial charge on any atom is -0.478 e. The van der Waals surface area contributed by atoms with E-state index in [4.69, 9.17) is 0 Å². The van der Waals surface area contributed by atoms with Crippen molar-refractivity contribution in [1.29, 1.82) is 0 Å². The molecule has 1 N–H and O–H groups in total. The maximum absolute atomic E-state index is 12.4. The molecule has 1 aromatic carbocycles. The Morgan fingerprint density at radius 3 is 2.82 bits per heavy atom. The van der Waals surface area contributed by atoms with Crippen molar-refractivity contribution >= 4 is 11.9 Å². The molecule has 4 nitrogen and oxygen atoms in total. The summed E-state index contributed by atoms with van der Waals surface area (Å²) < 4.78 is 0. The van der Waals surface area contributed by atoms with E-state index in [1.807, 2.05) is 11.0 Å². The molecule has 1 unspecified atom stereocenters. The SMILES string of the molecule is CCCC1CCCN(C(=O)CCc2ccccc2C(=O)O)C1. The molecule has 1 aliphatic heterocycles. The lowest BCUT2D eigenvalue weighted by molar-refractivity contribution is -0.133. The lowest BCUT2D eigenvalue weighted by Crippen LogP contribution is -2.40. The summed E-state index contributed by atoms with van der Waals surface area (Å²) in [6.07, 6.45) is 5.55. The molecule has 1 heterocycles. The zero-order valence-corrected chi connectivity index (χ0v) is 13.3. The predicted octanol–water partition coefficient (Wildman–Crippen LogP) is 3.36. The highest BCUT2D eigenvalue weighted by molar-refractivity contribution is 5.89. The number of rotatable bonds is 6. The van der Waals surface area contributed by atoms with Crippen LogP contribution in [0.1, 0.15) is 54.9 Å². The second kappa shape index (κ2) is 7.97. The first-order valence-corrected chi connectivity index (χ1v) is 8.20. The molecule has 2 rings (SSSR count). The summed E-state index contributed by atoms with van der Waals surface area (Å²) in [5.74, 6) is -0.140. The van der Waals surface area contributed by atoms with Gasteiger partial charge in [-0.3, -0.25) is 4.79 Å². The van der Waals surface area contributed by atoms with Gasteiger partial charge in [0.2, 0.25) is 5.91 Å². The van der Waals surface area contributed by atoms with E-state index in [0.717, 1.165) is 25.1 Å². The van der Waals surface area contributed by atoms with Crippen molar-refractivity contribution in [2.45, 2.75) is 45.4 Å². The number of benzene rings is 1. The number of hydrogen-bond acceptors (Lipinski definition) is 2. The third-order valence-corrected chi connectivity index (χ3v) is 4.42. The number of aryl methyl sites for hydroxylation is 1. The number of likely N-dealkylation sites (tertiary alicyclic amines) is 1. The van der Waals surface area contributed by atoms with Crippen molar-refractivity contribution in [2.75, 3.05) is 13.1 Å². The van der Waals surface area contributed by atoms with Crippen LogP contribution in [-0.2, 0) is 11.2 Å². The Labute approximate surface area is 132 Å². The van der Waals surface area contributed by atoms with E-state index in [2.05, 4.69) is 6.92 Å². The molecule has 22 heavy (non-hydrogen) atoms. The number of piperidine rings is 1. The normalized spacial score (nSPS) is 18.2. The molecule has 0 aliphatic carbocycles. The minimum absolute atomic E-state index is 0.154. The van der Waals surface area contributed by atoms with Crippen LogP contribution in [0, 0.1) is 5.92 Å². The molecular formula is C18H25NO3. The van der Waals surface area contributed by atoms with Crippen molar-refractivity contribution in [3.8, 4) is 0 Å². The van der Waals surface area contributed by atoms with Crippen molar-refractivity contribution < 1.29 is 14.7 Å². The second-order valence-corrected chi connectivity index (χ2v) is 6.10. The van der Waals surface area contributed by atoms with E-state index in [1.54, 1.807) is 18.2 Å². The van der Waals surface area contributed by atoms with Gasteiger partial charge in [-0.25, -0.2) is 4.79 Å². The minimum atomic E-state index is -0.927. The average molecular weight is 303 g/mol. The third-order valence-electron chi connectivity index (χ3n) is 4.42. The van der Waals surface area contributed by atoms with Crippen molar-refractivity contribution in [2.24, 2.45) is 5.92 Å². The maximum atomic E-state index is 12.4. The molecule has 1 atom stereocenters. The van der Waals surface area contributed by atoms with Gasteiger partial charge < -0.3 is 10.0 Å². The number of hydrogen-bond donors (Lipinski definition) is 1. The summed E-state index contributed by atoms with van der Waals surface area (Å²) in [7, 11) is 0. The molecule has 1 fully saturated rings.